The maximum atomic E-state index is 11.8. The molecule has 1 aromatic carbocycles. The Morgan fingerprint density at radius 1 is 1.15 bits per heavy atom. The van der Waals surface area contributed by atoms with Gasteiger partial charge in [0.2, 0.25) is 0 Å². The molecule has 2 rings (SSSR count). The molecule has 1 aliphatic rings. The molecule has 0 amide bonds. The number of hydrogen-bond acceptors (Lipinski definition) is 5. The number of benzene rings is 1. The van der Waals surface area contributed by atoms with Crippen molar-refractivity contribution in [2.75, 3.05) is 39.3 Å². The molecule has 1 unspecified atom stereocenters. The van der Waals surface area contributed by atoms with Crippen LogP contribution in [0.25, 0.3) is 0 Å². The van der Waals surface area contributed by atoms with Crippen LogP contribution in [0.2, 0.25) is 5.02 Å². The summed E-state index contributed by atoms with van der Waals surface area (Å²) in [4.78, 5) is 27.1. The summed E-state index contributed by atoms with van der Waals surface area (Å²) in [7, 11) is 0. The van der Waals surface area contributed by atoms with Gasteiger partial charge in [-0.05, 0) is 24.1 Å². The predicted octanol–water partition coefficient (Wildman–Crippen LogP) is 2.30. The summed E-state index contributed by atoms with van der Waals surface area (Å²) in [5, 5.41) is 9.46. The highest BCUT2D eigenvalue weighted by molar-refractivity contribution is 6.30. The standard InChI is InChI=1S/C19H27ClN2O4/c1-2-18(17(23)13-19(24)25)26-12-11-21-7-9-22(10-8-21)14-15-3-5-16(20)6-4-15/h3-6,18H,2,7-14H2,1H3,(H,24,25). The summed E-state index contributed by atoms with van der Waals surface area (Å²) in [6.07, 6.45) is -0.583. The van der Waals surface area contributed by atoms with Crippen LogP contribution in [0.3, 0.4) is 0 Å². The van der Waals surface area contributed by atoms with Gasteiger partial charge in [0.05, 0.1) is 6.61 Å². The quantitative estimate of drug-likeness (QED) is 0.626. The fourth-order valence-corrected chi connectivity index (χ4v) is 3.17. The topological polar surface area (TPSA) is 70.1 Å². The first kappa shape index (κ1) is 20.8. The minimum absolute atomic E-state index is 0.354. The highest BCUT2D eigenvalue weighted by Gasteiger charge is 2.21. The summed E-state index contributed by atoms with van der Waals surface area (Å²) >= 11 is 5.92. The summed E-state index contributed by atoms with van der Waals surface area (Å²) in [5.41, 5.74) is 1.26. The molecule has 1 heterocycles. The van der Waals surface area contributed by atoms with E-state index in [4.69, 9.17) is 21.4 Å². The lowest BCUT2D eigenvalue weighted by atomic mass is 10.1. The normalized spacial score (nSPS) is 17.2. The Kier molecular flexibility index (Phi) is 8.51. The first-order valence-electron chi connectivity index (χ1n) is 9.03. The molecule has 1 saturated heterocycles. The Bertz CT molecular complexity index is 586. The molecular weight excluding hydrogens is 356 g/mol. The number of piperazine rings is 1. The Balaban J connectivity index is 1.66. The zero-order chi connectivity index (χ0) is 18.9. The Labute approximate surface area is 159 Å². The molecule has 7 heteroatoms. The van der Waals surface area contributed by atoms with Gasteiger partial charge in [-0.15, -0.1) is 0 Å². The second kappa shape index (κ2) is 10.6. The van der Waals surface area contributed by atoms with E-state index in [1.54, 1.807) is 0 Å². The molecule has 0 bridgehead atoms. The number of ketones is 1. The van der Waals surface area contributed by atoms with Gasteiger partial charge in [-0.2, -0.15) is 0 Å². The minimum Gasteiger partial charge on any atom is -0.481 e. The van der Waals surface area contributed by atoms with Crippen LogP contribution in [-0.4, -0.2) is 72.1 Å². The van der Waals surface area contributed by atoms with E-state index in [0.29, 0.717) is 13.0 Å². The second-order valence-corrected chi connectivity index (χ2v) is 6.99. The third-order valence-corrected chi connectivity index (χ3v) is 4.82. The van der Waals surface area contributed by atoms with Crippen LogP contribution in [-0.2, 0) is 20.9 Å². The molecule has 1 aromatic rings. The lowest BCUT2D eigenvalue weighted by molar-refractivity contribution is -0.144. The van der Waals surface area contributed by atoms with Crippen molar-refractivity contribution >= 4 is 23.4 Å². The van der Waals surface area contributed by atoms with Gasteiger partial charge >= 0.3 is 5.97 Å². The maximum Gasteiger partial charge on any atom is 0.310 e. The van der Waals surface area contributed by atoms with Gasteiger partial charge in [0.1, 0.15) is 12.5 Å². The summed E-state index contributed by atoms with van der Waals surface area (Å²) in [6.45, 7) is 7.83. The van der Waals surface area contributed by atoms with Crippen LogP contribution in [0, 0.1) is 0 Å². The van der Waals surface area contributed by atoms with Gasteiger partial charge < -0.3 is 9.84 Å². The van der Waals surface area contributed by atoms with Gasteiger partial charge in [0.25, 0.3) is 0 Å². The summed E-state index contributed by atoms with van der Waals surface area (Å²) in [6, 6.07) is 7.95. The molecule has 0 aliphatic carbocycles. The number of hydrogen-bond donors (Lipinski definition) is 1. The minimum atomic E-state index is -1.10. The third-order valence-electron chi connectivity index (χ3n) is 4.57. The average Bonchev–Trinajstić information content (AvgIpc) is 2.61. The number of carboxylic acid groups (broad SMARTS) is 1. The number of nitrogens with zero attached hydrogens (tertiary/aromatic N) is 2. The Morgan fingerprint density at radius 3 is 2.35 bits per heavy atom. The SMILES string of the molecule is CCC(OCCN1CCN(Cc2ccc(Cl)cc2)CC1)C(=O)CC(=O)O. The van der Waals surface area contributed by atoms with Crippen molar-refractivity contribution in [1.29, 1.82) is 0 Å². The van der Waals surface area contributed by atoms with E-state index in [1.165, 1.54) is 5.56 Å². The summed E-state index contributed by atoms with van der Waals surface area (Å²) < 4.78 is 5.61. The highest BCUT2D eigenvalue weighted by atomic mass is 35.5. The van der Waals surface area contributed by atoms with E-state index in [-0.39, 0.29) is 5.78 Å². The van der Waals surface area contributed by atoms with Crippen molar-refractivity contribution in [2.24, 2.45) is 0 Å². The zero-order valence-corrected chi connectivity index (χ0v) is 16.0. The number of rotatable bonds is 10. The maximum absolute atomic E-state index is 11.8. The molecule has 6 nitrogen and oxygen atoms in total. The number of ether oxygens (including phenoxy) is 1. The van der Waals surface area contributed by atoms with Crippen molar-refractivity contribution in [3.05, 3.63) is 34.9 Å². The van der Waals surface area contributed by atoms with Gasteiger partial charge in [0, 0.05) is 44.3 Å². The van der Waals surface area contributed by atoms with E-state index >= 15 is 0 Å². The number of carbonyl (C=O) groups excluding carboxylic acids is 1. The molecule has 0 aromatic heterocycles. The molecule has 1 N–H and O–H groups in total. The Hall–Kier alpha value is -1.47. The zero-order valence-electron chi connectivity index (χ0n) is 15.2. The first-order valence-corrected chi connectivity index (χ1v) is 9.41. The van der Waals surface area contributed by atoms with E-state index in [9.17, 15) is 9.59 Å². The predicted molar refractivity (Wildman–Crippen MR) is 100 cm³/mol. The van der Waals surface area contributed by atoms with Gasteiger partial charge in [-0.3, -0.25) is 19.4 Å². The van der Waals surface area contributed by atoms with Gasteiger partial charge in [-0.1, -0.05) is 30.7 Å². The van der Waals surface area contributed by atoms with Crippen LogP contribution < -0.4 is 0 Å². The van der Waals surface area contributed by atoms with Gasteiger partial charge in [0.15, 0.2) is 5.78 Å². The fourth-order valence-electron chi connectivity index (χ4n) is 3.04. The number of aliphatic carboxylic acids is 1. The molecule has 144 valence electrons. The fraction of sp³-hybridized carbons (Fsp3) is 0.579. The van der Waals surface area contributed by atoms with Crippen molar-refractivity contribution in [3.63, 3.8) is 0 Å². The van der Waals surface area contributed by atoms with Crippen LogP contribution in [0.4, 0.5) is 0 Å². The lowest BCUT2D eigenvalue weighted by Gasteiger charge is -2.34. The first-order chi connectivity index (χ1) is 12.5. The number of carbonyl (C=O) groups is 2. The molecule has 1 aliphatic heterocycles. The number of Topliss-reactive ketones (excluding diaryl/α,β-unsaturated/α-hetero) is 1. The smallest absolute Gasteiger partial charge is 0.310 e. The van der Waals surface area contributed by atoms with Crippen molar-refractivity contribution in [1.82, 2.24) is 9.80 Å². The molecular formula is C19H27ClN2O4. The summed E-state index contributed by atoms with van der Waals surface area (Å²) in [5.74, 6) is -1.46. The van der Waals surface area contributed by atoms with Crippen LogP contribution in [0.5, 0.6) is 0 Å². The van der Waals surface area contributed by atoms with E-state index < -0.39 is 18.5 Å². The van der Waals surface area contributed by atoms with Gasteiger partial charge in [-0.25, -0.2) is 0 Å². The van der Waals surface area contributed by atoms with Crippen LogP contribution in [0.15, 0.2) is 24.3 Å². The molecule has 0 radical (unpaired) electrons. The van der Waals surface area contributed by atoms with E-state index in [1.807, 2.05) is 19.1 Å². The Morgan fingerprint density at radius 2 is 1.77 bits per heavy atom. The van der Waals surface area contributed by atoms with E-state index in [0.717, 1.165) is 44.3 Å². The molecule has 0 saturated carbocycles. The lowest BCUT2D eigenvalue weighted by Crippen LogP contribution is -2.47. The van der Waals surface area contributed by atoms with E-state index in [2.05, 4.69) is 21.9 Å². The third kappa shape index (κ3) is 7.03. The van der Waals surface area contributed by atoms with Crippen molar-refractivity contribution in [3.8, 4) is 0 Å². The second-order valence-electron chi connectivity index (χ2n) is 6.55. The van der Waals surface area contributed by atoms with Crippen LogP contribution in [0.1, 0.15) is 25.3 Å². The molecule has 1 atom stereocenters. The largest absolute Gasteiger partial charge is 0.481 e. The van der Waals surface area contributed by atoms with Crippen molar-refractivity contribution in [2.45, 2.75) is 32.4 Å². The number of halogens is 1. The number of carboxylic acids is 1. The van der Waals surface area contributed by atoms with Crippen LogP contribution >= 0.6 is 11.6 Å². The highest BCUT2D eigenvalue weighted by Crippen LogP contribution is 2.13. The van der Waals surface area contributed by atoms with Crippen molar-refractivity contribution < 1.29 is 19.4 Å². The molecule has 0 spiro atoms. The molecule has 26 heavy (non-hydrogen) atoms. The average molecular weight is 383 g/mol. The monoisotopic (exact) mass is 382 g/mol. The molecule has 1 fully saturated rings.